The Morgan fingerprint density at radius 2 is 2.26 bits per heavy atom. The predicted molar refractivity (Wildman–Crippen MR) is 72.6 cm³/mol. The summed E-state index contributed by atoms with van der Waals surface area (Å²) in [5.74, 6) is 0.197. The molecule has 19 heavy (non-hydrogen) atoms. The second-order valence-corrected chi connectivity index (χ2v) is 6.56. The molecule has 104 valence electrons. The number of hydrogen-bond acceptors (Lipinski definition) is 4. The van der Waals surface area contributed by atoms with Crippen LogP contribution in [0, 0.1) is 5.92 Å². The maximum absolute atomic E-state index is 12.1. The molecule has 1 saturated heterocycles. The van der Waals surface area contributed by atoms with E-state index in [9.17, 15) is 13.2 Å². The Bertz CT molecular complexity index is 563. The summed E-state index contributed by atoms with van der Waals surface area (Å²) in [6.45, 7) is 3.63. The molecule has 0 spiro atoms. The van der Waals surface area contributed by atoms with Crippen LogP contribution in [0.15, 0.2) is 29.2 Å². The van der Waals surface area contributed by atoms with Gasteiger partial charge in [-0.05, 0) is 44.5 Å². The highest BCUT2D eigenvalue weighted by molar-refractivity contribution is 7.89. The summed E-state index contributed by atoms with van der Waals surface area (Å²) in [6, 6.07) is 6.11. The normalized spacial score (nSPS) is 19.5. The lowest BCUT2D eigenvalue weighted by Crippen LogP contribution is -2.30. The molecule has 1 heterocycles. The van der Waals surface area contributed by atoms with Gasteiger partial charge in [-0.15, -0.1) is 0 Å². The number of hydrogen-bond donors (Lipinski definition) is 2. The largest absolute Gasteiger partial charge is 0.316 e. The van der Waals surface area contributed by atoms with Gasteiger partial charge in [0, 0.05) is 12.1 Å². The Balaban J connectivity index is 2.09. The SMILES string of the molecule is CC(=O)c1cccc(S(=O)(=O)NCC2CCNC2)c1. The van der Waals surface area contributed by atoms with Crippen molar-refractivity contribution in [2.75, 3.05) is 19.6 Å². The van der Waals surface area contributed by atoms with Gasteiger partial charge in [-0.2, -0.15) is 0 Å². The third-order valence-electron chi connectivity index (χ3n) is 3.28. The van der Waals surface area contributed by atoms with E-state index in [2.05, 4.69) is 10.0 Å². The molecule has 0 saturated carbocycles. The Morgan fingerprint density at radius 3 is 2.89 bits per heavy atom. The monoisotopic (exact) mass is 282 g/mol. The smallest absolute Gasteiger partial charge is 0.240 e. The topological polar surface area (TPSA) is 75.3 Å². The van der Waals surface area contributed by atoms with E-state index in [0.29, 0.717) is 18.0 Å². The fourth-order valence-corrected chi connectivity index (χ4v) is 3.24. The first-order valence-corrected chi connectivity index (χ1v) is 7.79. The summed E-state index contributed by atoms with van der Waals surface area (Å²) in [7, 11) is -3.53. The minimum atomic E-state index is -3.53. The molecule has 0 aromatic heterocycles. The van der Waals surface area contributed by atoms with Crippen molar-refractivity contribution in [1.82, 2.24) is 10.0 Å². The van der Waals surface area contributed by atoms with Crippen molar-refractivity contribution in [3.8, 4) is 0 Å². The third kappa shape index (κ3) is 3.62. The van der Waals surface area contributed by atoms with E-state index in [1.807, 2.05) is 0 Å². The van der Waals surface area contributed by atoms with Gasteiger partial charge >= 0.3 is 0 Å². The molecule has 1 aromatic carbocycles. The van der Waals surface area contributed by atoms with Crippen molar-refractivity contribution in [1.29, 1.82) is 0 Å². The molecule has 0 amide bonds. The van der Waals surface area contributed by atoms with Gasteiger partial charge in [0.25, 0.3) is 0 Å². The lowest BCUT2D eigenvalue weighted by molar-refractivity contribution is 0.101. The van der Waals surface area contributed by atoms with Gasteiger partial charge in [-0.1, -0.05) is 12.1 Å². The quantitative estimate of drug-likeness (QED) is 0.783. The van der Waals surface area contributed by atoms with Crippen LogP contribution in [0.1, 0.15) is 23.7 Å². The van der Waals surface area contributed by atoms with Crippen LogP contribution in [0.25, 0.3) is 0 Å². The van der Waals surface area contributed by atoms with Crippen LogP contribution < -0.4 is 10.0 Å². The zero-order valence-electron chi connectivity index (χ0n) is 10.8. The summed E-state index contributed by atoms with van der Waals surface area (Å²) in [6.07, 6.45) is 0.982. The van der Waals surface area contributed by atoms with Crippen LogP contribution >= 0.6 is 0 Å². The van der Waals surface area contributed by atoms with Gasteiger partial charge in [0.05, 0.1) is 4.90 Å². The maximum atomic E-state index is 12.1. The average Bonchev–Trinajstić information content (AvgIpc) is 2.90. The number of carbonyl (C=O) groups is 1. The van der Waals surface area contributed by atoms with E-state index >= 15 is 0 Å². The molecule has 1 aliphatic rings. The van der Waals surface area contributed by atoms with Gasteiger partial charge in [0.15, 0.2) is 5.78 Å². The van der Waals surface area contributed by atoms with Crippen LogP contribution in [0.3, 0.4) is 0 Å². The molecule has 2 N–H and O–H groups in total. The van der Waals surface area contributed by atoms with Gasteiger partial charge in [-0.3, -0.25) is 4.79 Å². The Hall–Kier alpha value is -1.24. The van der Waals surface area contributed by atoms with Crippen molar-refractivity contribution >= 4 is 15.8 Å². The summed E-state index contributed by atoms with van der Waals surface area (Å²) >= 11 is 0. The van der Waals surface area contributed by atoms with E-state index in [4.69, 9.17) is 0 Å². The summed E-state index contributed by atoms with van der Waals surface area (Å²) in [5, 5.41) is 3.19. The van der Waals surface area contributed by atoms with Crippen LogP contribution in [-0.4, -0.2) is 33.8 Å². The van der Waals surface area contributed by atoms with Crippen LogP contribution in [0.5, 0.6) is 0 Å². The van der Waals surface area contributed by atoms with Crippen molar-refractivity contribution in [2.45, 2.75) is 18.2 Å². The minimum Gasteiger partial charge on any atom is -0.316 e. The average molecular weight is 282 g/mol. The lowest BCUT2D eigenvalue weighted by Gasteiger charge is -2.11. The molecule has 1 unspecified atom stereocenters. The van der Waals surface area contributed by atoms with E-state index in [1.54, 1.807) is 12.1 Å². The fourth-order valence-electron chi connectivity index (χ4n) is 2.08. The van der Waals surface area contributed by atoms with E-state index in [-0.39, 0.29) is 10.7 Å². The summed E-state index contributed by atoms with van der Waals surface area (Å²) in [5.41, 5.74) is 0.408. The molecule has 0 radical (unpaired) electrons. The van der Waals surface area contributed by atoms with Crippen molar-refractivity contribution < 1.29 is 13.2 Å². The molecule has 0 bridgehead atoms. The maximum Gasteiger partial charge on any atom is 0.240 e. The lowest BCUT2D eigenvalue weighted by atomic mass is 10.1. The number of rotatable bonds is 5. The number of sulfonamides is 1. The van der Waals surface area contributed by atoms with Crippen LogP contribution in [-0.2, 0) is 10.0 Å². The highest BCUT2D eigenvalue weighted by Gasteiger charge is 2.19. The molecular formula is C13H18N2O3S. The number of benzene rings is 1. The Labute approximate surface area is 113 Å². The first-order chi connectivity index (χ1) is 8.99. The van der Waals surface area contributed by atoms with E-state index in [1.165, 1.54) is 19.1 Å². The van der Waals surface area contributed by atoms with E-state index < -0.39 is 10.0 Å². The zero-order chi connectivity index (χ0) is 13.9. The predicted octanol–water partition coefficient (Wildman–Crippen LogP) is 0.777. The van der Waals surface area contributed by atoms with Crippen LogP contribution in [0.2, 0.25) is 0 Å². The summed E-state index contributed by atoms with van der Waals surface area (Å²) < 4.78 is 26.8. The van der Waals surface area contributed by atoms with Gasteiger partial charge in [0.2, 0.25) is 10.0 Å². The number of ketones is 1. The molecule has 6 heteroatoms. The fraction of sp³-hybridized carbons (Fsp3) is 0.462. The summed E-state index contributed by atoms with van der Waals surface area (Å²) in [4.78, 5) is 11.4. The standard InChI is InChI=1S/C13H18N2O3S/c1-10(16)12-3-2-4-13(7-12)19(17,18)15-9-11-5-6-14-8-11/h2-4,7,11,14-15H,5-6,8-9H2,1H3. The van der Waals surface area contributed by atoms with Gasteiger partial charge < -0.3 is 5.32 Å². The Kier molecular flexibility index (Phi) is 4.34. The molecule has 1 aliphatic heterocycles. The molecule has 5 nitrogen and oxygen atoms in total. The number of nitrogens with one attached hydrogen (secondary N) is 2. The molecule has 0 aliphatic carbocycles. The third-order valence-corrected chi connectivity index (χ3v) is 4.70. The first kappa shape index (κ1) is 14.2. The second-order valence-electron chi connectivity index (χ2n) is 4.79. The second kappa shape index (κ2) is 5.81. The molecule has 1 fully saturated rings. The van der Waals surface area contributed by atoms with Crippen LogP contribution in [0.4, 0.5) is 0 Å². The minimum absolute atomic E-state index is 0.142. The van der Waals surface area contributed by atoms with Gasteiger partial charge in [-0.25, -0.2) is 13.1 Å². The molecule has 1 aromatic rings. The van der Waals surface area contributed by atoms with Crippen molar-refractivity contribution in [3.63, 3.8) is 0 Å². The van der Waals surface area contributed by atoms with Crippen molar-refractivity contribution in [3.05, 3.63) is 29.8 Å². The van der Waals surface area contributed by atoms with E-state index in [0.717, 1.165) is 19.5 Å². The first-order valence-electron chi connectivity index (χ1n) is 6.30. The number of carbonyl (C=O) groups excluding carboxylic acids is 1. The molecule has 1 atom stereocenters. The molecule has 2 rings (SSSR count). The Morgan fingerprint density at radius 1 is 1.47 bits per heavy atom. The number of Topliss-reactive ketones (excluding diaryl/α,β-unsaturated/α-hetero) is 1. The zero-order valence-corrected chi connectivity index (χ0v) is 11.7. The van der Waals surface area contributed by atoms with Crippen molar-refractivity contribution in [2.24, 2.45) is 5.92 Å². The van der Waals surface area contributed by atoms with Gasteiger partial charge in [0.1, 0.15) is 0 Å². The highest BCUT2D eigenvalue weighted by Crippen LogP contribution is 2.13. The highest BCUT2D eigenvalue weighted by atomic mass is 32.2. The molecular weight excluding hydrogens is 264 g/mol.